The van der Waals surface area contributed by atoms with Gasteiger partial charge in [0.2, 0.25) is 5.91 Å². The van der Waals surface area contributed by atoms with E-state index < -0.39 is 0 Å². The standard InChI is InChI=1S/C10H13N5OS/c11-6-1-2-7-8(5-6)14-10(13-7)17-4-3-9(16)15-12/h1-2,5H,3-4,11-12H2,(H,13,14)(H,15,16). The highest BCUT2D eigenvalue weighted by Crippen LogP contribution is 2.21. The minimum Gasteiger partial charge on any atom is -0.399 e. The molecule has 6 nitrogen and oxygen atoms in total. The Morgan fingerprint density at radius 3 is 3.12 bits per heavy atom. The lowest BCUT2D eigenvalue weighted by atomic mass is 10.3. The van der Waals surface area contributed by atoms with Gasteiger partial charge in [0.25, 0.3) is 0 Å². The lowest BCUT2D eigenvalue weighted by Crippen LogP contribution is -2.30. The van der Waals surface area contributed by atoms with E-state index in [0.717, 1.165) is 16.2 Å². The minimum atomic E-state index is -0.183. The number of nitrogens with zero attached hydrogens (tertiary/aromatic N) is 1. The Labute approximate surface area is 102 Å². The van der Waals surface area contributed by atoms with E-state index in [4.69, 9.17) is 11.6 Å². The highest BCUT2D eigenvalue weighted by molar-refractivity contribution is 7.99. The minimum absolute atomic E-state index is 0.183. The summed E-state index contributed by atoms with van der Waals surface area (Å²) in [5, 5.41) is 0.774. The summed E-state index contributed by atoms with van der Waals surface area (Å²) in [5.74, 6) is 5.42. The molecule has 0 saturated heterocycles. The van der Waals surface area contributed by atoms with E-state index in [9.17, 15) is 4.79 Å². The van der Waals surface area contributed by atoms with E-state index in [2.05, 4.69) is 15.4 Å². The molecule has 1 amide bonds. The fourth-order valence-electron chi connectivity index (χ4n) is 1.38. The number of rotatable bonds is 4. The molecular formula is C10H13N5OS. The topological polar surface area (TPSA) is 110 Å². The van der Waals surface area contributed by atoms with E-state index in [1.807, 2.05) is 12.1 Å². The maximum Gasteiger partial charge on any atom is 0.234 e. The third kappa shape index (κ3) is 2.89. The Balaban J connectivity index is 2.02. The van der Waals surface area contributed by atoms with Gasteiger partial charge in [-0.3, -0.25) is 10.2 Å². The molecule has 0 fully saturated rings. The molecule has 0 atom stereocenters. The van der Waals surface area contributed by atoms with Crippen LogP contribution in [0.25, 0.3) is 11.0 Å². The smallest absolute Gasteiger partial charge is 0.234 e. The first-order valence-corrected chi connectivity index (χ1v) is 6.05. The van der Waals surface area contributed by atoms with Crippen molar-refractivity contribution in [2.75, 3.05) is 11.5 Å². The number of nitrogens with two attached hydrogens (primary N) is 2. The van der Waals surface area contributed by atoms with Crippen molar-refractivity contribution < 1.29 is 4.79 Å². The fourth-order valence-corrected chi connectivity index (χ4v) is 2.21. The number of nitrogen functional groups attached to an aromatic ring is 1. The van der Waals surface area contributed by atoms with Gasteiger partial charge >= 0.3 is 0 Å². The molecule has 1 aromatic carbocycles. The van der Waals surface area contributed by atoms with Crippen molar-refractivity contribution in [1.29, 1.82) is 0 Å². The highest BCUT2D eigenvalue weighted by Gasteiger charge is 2.05. The van der Waals surface area contributed by atoms with Gasteiger partial charge in [-0.1, -0.05) is 11.8 Å². The molecule has 0 unspecified atom stereocenters. The van der Waals surface area contributed by atoms with Crippen LogP contribution in [0.5, 0.6) is 0 Å². The number of hydrazine groups is 1. The number of benzene rings is 1. The molecule has 0 saturated carbocycles. The summed E-state index contributed by atoms with van der Waals surface area (Å²) in [6.07, 6.45) is 0.361. The van der Waals surface area contributed by atoms with Crippen molar-refractivity contribution in [2.45, 2.75) is 11.6 Å². The molecule has 0 spiro atoms. The zero-order chi connectivity index (χ0) is 12.3. The first-order valence-electron chi connectivity index (χ1n) is 5.06. The van der Waals surface area contributed by atoms with Gasteiger partial charge in [0.1, 0.15) is 0 Å². The number of aromatic amines is 1. The van der Waals surface area contributed by atoms with Crippen LogP contribution in [0.15, 0.2) is 23.4 Å². The quantitative estimate of drug-likeness (QED) is 0.209. The molecule has 1 aromatic heterocycles. The van der Waals surface area contributed by atoms with Crippen LogP contribution < -0.4 is 17.0 Å². The maximum atomic E-state index is 10.9. The molecule has 90 valence electrons. The molecule has 2 rings (SSSR count). The first-order chi connectivity index (χ1) is 8.19. The second-order valence-corrected chi connectivity index (χ2v) is 4.57. The number of hydrogen-bond donors (Lipinski definition) is 4. The number of anilines is 1. The number of H-pyrrole nitrogens is 1. The summed E-state index contributed by atoms with van der Waals surface area (Å²) >= 11 is 1.47. The predicted octanol–water partition coefficient (Wildman–Crippen LogP) is 0.617. The molecule has 0 aliphatic heterocycles. The average molecular weight is 251 g/mol. The lowest BCUT2D eigenvalue weighted by Gasteiger charge is -1.97. The van der Waals surface area contributed by atoms with Crippen molar-refractivity contribution in [2.24, 2.45) is 5.84 Å². The van der Waals surface area contributed by atoms with Gasteiger partial charge in [-0.15, -0.1) is 0 Å². The Bertz CT molecular complexity index is 538. The monoisotopic (exact) mass is 251 g/mol. The molecule has 17 heavy (non-hydrogen) atoms. The molecular weight excluding hydrogens is 238 g/mol. The normalized spacial score (nSPS) is 10.6. The van der Waals surface area contributed by atoms with Gasteiger partial charge in [-0.25, -0.2) is 10.8 Å². The molecule has 0 aliphatic carbocycles. The number of hydrogen-bond acceptors (Lipinski definition) is 5. The van der Waals surface area contributed by atoms with Crippen molar-refractivity contribution in [1.82, 2.24) is 15.4 Å². The molecule has 6 N–H and O–H groups in total. The van der Waals surface area contributed by atoms with E-state index in [1.165, 1.54) is 11.8 Å². The van der Waals surface area contributed by atoms with Gasteiger partial charge in [-0.2, -0.15) is 0 Å². The van der Waals surface area contributed by atoms with E-state index in [1.54, 1.807) is 6.07 Å². The number of nitrogens with one attached hydrogen (secondary N) is 2. The average Bonchev–Trinajstić information content (AvgIpc) is 2.70. The van der Waals surface area contributed by atoms with E-state index >= 15 is 0 Å². The molecule has 2 aromatic rings. The van der Waals surface area contributed by atoms with Crippen molar-refractivity contribution in [3.63, 3.8) is 0 Å². The fraction of sp³-hybridized carbons (Fsp3) is 0.200. The number of carbonyl (C=O) groups is 1. The summed E-state index contributed by atoms with van der Waals surface area (Å²) in [6, 6.07) is 5.50. The zero-order valence-electron chi connectivity index (χ0n) is 9.06. The van der Waals surface area contributed by atoms with Crippen LogP contribution in [-0.2, 0) is 4.79 Å². The van der Waals surface area contributed by atoms with E-state index in [0.29, 0.717) is 17.9 Å². The number of amides is 1. The SMILES string of the molecule is NNC(=O)CCSc1nc2ccc(N)cc2[nH]1. The largest absolute Gasteiger partial charge is 0.399 e. The third-order valence-corrected chi connectivity index (χ3v) is 3.09. The summed E-state index contributed by atoms with van der Waals surface area (Å²) in [7, 11) is 0. The molecule has 1 heterocycles. The second-order valence-electron chi connectivity index (χ2n) is 3.48. The van der Waals surface area contributed by atoms with Crippen LogP contribution >= 0.6 is 11.8 Å². The second kappa shape index (κ2) is 5.07. The number of imidazole rings is 1. The molecule has 0 aliphatic rings. The van der Waals surface area contributed by atoms with Crippen molar-refractivity contribution in [3.8, 4) is 0 Å². The van der Waals surface area contributed by atoms with Crippen LogP contribution in [-0.4, -0.2) is 21.6 Å². The summed E-state index contributed by atoms with van der Waals surface area (Å²) in [4.78, 5) is 18.4. The van der Waals surface area contributed by atoms with Crippen LogP contribution in [0, 0.1) is 0 Å². The summed E-state index contributed by atoms with van der Waals surface area (Å²) < 4.78 is 0. The number of thioether (sulfide) groups is 1. The zero-order valence-corrected chi connectivity index (χ0v) is 9.88. The molecule has 0 radical (unpaired) electrons. The first kappa shape index (κ1) is 11.7. The van der Waals surface area contributed by atoms with Crippen molar-refractivity contribution in [3.05, 3.63) is 18.2 Å². The third-order valence-electron chi connectivity index (χ3n) is 2.21. The number of aromatic nitrogens is 2. The Hall–Kier alpha value is -1.73. The molecule has 7 heteroatoms. The Morgan fingerprint density at radius 1 is 1.53 bits per heavy atom. The Morgan fingerprint density at radius 2 is 2.35 bits per heavy atom. The Kier molecular flexibility index (Phi) is 3.50. The van der Waals surface area contributed by atoms with Crippen molar-refractivity contribution >= 4 is 34.4 Å². The highest BCUT2D eigenvalue weighted by atomic mass is 32.2. The lowest BCUT2D eigenvalue weighted by molar-refractivity contribution is -0.120. The summed E-state index contributed by atoms with van der Waals surface area (Å²) in [5.41, 5.74) is 10.2. The van der Waals surface area contributed by atoms with Crippen LogP contribution in [0.1, 0.15) is 6.42 Å². The maximum absolute atomic E-state index is 10.9. The number of fused-ring (bicyclic) bond motifs is 1. The van der Waals surface area contributed by atoms with Crippen LogP contribution in [0.2, 0.25) is 0 Å². The van der Waals surface area contributed by atoms with E-state index in [-0.39, 0.29) is 5.91 Å². The number of carbonyl (C=O) groups excluding carboxylic acids is 1. The van der Waals surface area contributed by atoms with Gasteiger partial charge in [0.15, 0.2) is 5.16 Å². The van der Waals surface area contributed by atoms with Gasteiger partial charge in [0.05, 0.1) is 11.0 Å². The van der Waals surface area contributed by atoms with Gasteiger partial charge < -0.3 is 10.7 Å². The summed E-state index contributed by atoms with van der Waals surface area (Å²) in [6.45, 7) is 0. The van der Waals surface area contributed by atoms with Gasteiger partial charge in [-0.05, 0) is 18.2 Å². The van der Waals surface area contributed by atoms with Gasteiger partial charge in [0, 0.05) is 17.9 Å². The van der Waals surface area contributed by atoms with Crippen LogP contribution in [0.3, 0.4) is 0 Å². The predicted molar refractivity (Wildman–Crippen MR) is 68.2 cm³/mol. The van der Waals surface area contributed by atoms with Crippen LogP contribution in [0.4, 0.5) is 5.69 Å². The molecule has 0 bridgehead atoms.